The quantitative estimate of drug-likeness (QED) is 0.869. The SMILES string of the molecule is NCCc1ccc(CN2C[C@@H]3CC[C@H](C2)N(Cc2ccccc2)C3)cc1. The van der Waals surface area contributed by atoms with Gasteiger partial charge in [-0.05, 0) is 48.4 Å². The van der Waals surface area contributed by atoms with Gasteiger partial charge >= 0.3 is 0 Å². The summed E-state index contributed by atoms with van der Waals surface area (Å²) in [6.45, 7) is 6.61. The van der Waals surface area contributed by atoms with Crippen molar-refractivity contribution < 1.29 is 0 Å². The first-order valence-corrected chi connectivity index (χ1v) is 10.1. The fraction of sp³-hybridized carbons (Fsp3) is 0.478. The zero-order valence-corrected chi connectivity index (χ0v) is 15.7. The van der Waals surface area contributed by atoms with E-state index in [0.717, 1.165) is 32.0 Å². The van der Waals surface area contributed by atoms with E-state index in [1.807, 2.05) is 0 Å². The molecule has 3 aliphatic rings. The van der Waals surface area contributed by atoms with E-state index in [1.54, 1.807) is 0 Å². The molecule has 2 N–H and O–H groups in total. The Morgan fingerprint density at radius 1 is 0.769 bits per heavy atom. The number of nitrogens with zero attached hydrogens (tertiary/aromatic N) is 2. The smallest absolute Gasteiger partial charge is 0.0237 e. The van der Waals surface area contributed by atoms with E-state index < -0.39 is 0 Å². The Kier molecular flexibility index (Phi) is 5.68. The highest BCUT2D eigenvalue weighted by molar-refractivity contribution is 5.23. The minimum absolute atomic E-state index is 0.700. The predicted molar refractivity (Wildman–Crippen MR) is 108 cm³/mol. The van der Waals surface area contributed by atoms with Crippen molar-refractivity contribution in [2.75, 3.05) is 26.2 Å². The van der Waals surface area contributed by atoms with Crippen LogP contribution in [0.25, 0.3) is 0 Å². The first-order chi connectivity index (χ1) is 12.8. The predicted octanol–water partition coefficient (Wildman–Crippen LogP) is 3.28. The van der Waals surface area contributed by atoms with Gasteiger partial charge in [-0.2, -0.15) is 0 Å². The van der Waals surface area contributed by atoms with Gasteiger partial charge in [-0.15, -0.1) is 0 Å². The van der Waals surface area contributed by atoms with Gasteiger partial charge in [-0.25, -0.2) is 0 Å². The average molecular weight is 350 g/mol. The summed E-state index contributed by atoms with van der Waals surface area (Å²) in [7, 11) is 0. The molecule has 0 radical (unpaired) electrons. The van der Waals surface area contributed by atoms with Gasteiger partial charge in [0.25, 0.3) is 0 Å². The van der Waals surface area contributed by atoms with Gasteiger partial charge in [-0.1, -0.05) is 54.6 Å². The Morgan fingerprint density at radius 2 is 1.50 bits per heavy atom. The van der Waals surface area contributed by atoms with E-state index in [0.29, 0.717) is 6.04 Å². The van der Waals surface area contributed by atoms with Crippen molar-refractivity contribution in [2.24, 2.45) is 11.7 Å². The Labute approximate surface area is 157 Å². The van der Waals surface area contributed by atoms with Crippen molar-refractivity contribution in [1.82, 2.24) is 9.80 Å². The maximum Gasteiger partial charge on any atom is 0.0237 e. The zero-order chi connectivity index (χ0) is 17.8. The molecule has 0 amide bonds. The third kappa shape index (κ3) is 4.35. The van der Waals surface area contributed by atoms with Gasteiger partial charge in [-0.3, -0.25) is 9.80 Å². The molecule has 2 aromatic rings. The first-order valence-electron chi connectivity index (χ1n) is 10.1. The summed E-state index contributed by atoms with van der Waals surface area (Å²) in [5, 5.41) is 0. The molecule has 3 heteroatoms. The van der Waals surface area contributed by atoms with Crippen LogP contribution in [0.3, 0.4) is 0 Å². The molecule has 26 heavy (non-hydrogen) atoms. The van der Waals surface area contributed by atoms with Crippen LogP contribution in [0.1, 0.15) is 29.5 Å². The number of hydrogen-bond donors (Lipinski definition) is 1. The van der Waals surface area contributed by atoms with Crippen LogP contribution in [0.4, 0.5) is 0 Å². The van der Waals surface area contributed by atoms with E-state index in [9.17, 15) is 0 Å². The molecule has 3 fully saturated rings. The first kappa shape index (κ1) is 17.7. The van der Waals surface area contributed by atoms with Gasteiger partial charge in [0.05, 0.1) is 0 Å². The summed E-state index contributed by atoms with van der Waals surface area (Å²) in [4.78, 5) is 5.42. The molecule has 0 unspecified atom stereocenters. The second-order valence-electron chi connectivity index (χ2n) is 8.06. The molecule has 138 valence electrons. The molecule has 2 aromatic carbocycles. The Bertz CT molecular complexity index is 682. The van der Waals surface area contributed by atoms with Gasteiger partial charge < -0.3 is 5.73 Å². The van der Waals surface area contributed by atoms with Crippen LogP contribution in [0, 0.1) is 5.92 Å². The number of nitrogens with two attached hydrogens (primary N) is 1. The lowest BCUT2D eigenvalue weighted by Crippen LogP contribution is -2.43. The summed E-state index contributed by atoms with van der Waals surface area (Å²) >= 11 is 0. The lowest BCUT2D eigenvalue weighted by Gasteiger charge is -2.36. The Hall–Kier alpha value is -1.68. The summed E-state index contributed by atoms with van der Waals surface area (Å²) in [6.07, 6.45) is 3.72. The molecular formula is C23H31N3. The summed E-state index contributed by atoms with van der Waals surface area (Å²) in [5.41, 5.74) is 9.89. The van der Waals surface area contributed by atoms with Gasteiger partial charge in [0.15, 0.2) is 0 Å². The van der Waals surface area contributed by atoms with Crippen LogP contribution in [-0.4, -0.2) is 42.0 Å². The minimum Gasteiger partial charge on any atom is -0.330 e. The van der Waals surface area contributed by atoms with Crippen molar-refractivity contribution in [2.45, 2.75) is 38.4 Å². The third-order valence-electron chi connectivity index (χ3n) is 5.99. The third-order valence-corrected chi connectivity index (χ3v) is 5.99. The largest absolute Gasteiger partial charge is 0.330 e. The number of fused-ring (bicyclic) bond motifs is 4. The Morgan fingerprint density at radius 3 is 2.27 bits per heavy atom. The molecule has 3 heterocycles. The molecule has 0 aromatic heterocycles. The second-order valence-corrected chi connectivity index (χ2v) is 8.06. The van der Waals surface area contributed by atoms with E-state index in [-0.39, 0.29) is 0 Å². The fourth-order valence-corrected chi connectivity index (χ4v) is 4.65. The highest BCUT2D eigenvalue weighted by Crippen LogP contribution is 2.30. The number of hydrogen-bond acceptors (Lipinski definition) is 3. The lowest BCUT2D eigenvalue weighted by molar-refractivity contribution is 0.123. The zero-order valence-electron chi connectivity index (χ0n) is 15.7. The molecule has 2 atom stereocenters. The molecule has 3 aliphatic heterocycles. The highest BCUT2D eigenvalue weighted by atomic mass is 15.3. The van der Waals surface area contributed by atoms with Crippen LogP contribution in [0.2, 0.25) is 0 Å². The molecule has 5 rings (SSSR count). The van der Waals surface area contributed by atoms with E-state index in [4.69, 9.17) is 5.73 Å². The summed E-state index contributed by atoms with van der Waals surface area (Å²) in [6, 6.07) is 20.7. The van der Waals surface area contributed by atoms with Crippen LogP contribution in [-0.2, 0) is 19.5 Å². The van der Waals surface area contributed by atoms with Gasteiger partial charge in [0.1, 0.15) is 0 Å². The van der Waals surface area contributed by atoms with Gasteiger partial charge in [0, 0.05) is 38.8 Å². The highest BCUT2D eigenvalue weighted by Gasteiger charge is 2.34. The minimum atomic E-state index is 0.700. The second kappa shape index (κ2) is 8.34. The summed E-state index contributed by atoms with van der Waals surface area (Å²) in [5.74, 6) is 0.814. The van der Waals surface area contributed by atoms with Crippen LogP contribution in [0.5, 0.6) is 0 Å². The number of piperidine rings is 1. The normalized spacial score (nSPS) is 23.9. The average Bonchev–Trinajstić information content (AvgIpc) is 2.95. The Balaban J connectivity index is 1.39. The lowest BCUT2D eigenvalue weighted by atomic mass is 9.94. The van der Waals surface area contributed by atoms with Crippen molar-refractivity contribution in [3.63, 3.8) is 0 Å². The summed E-state index contributed by atoms with van der Waals surface area (Å²) < 4.78 is 0. The molecule has 3 nitrogen and oxygen atoms in total. The molecule has 0 aliphatic carbocycles. The molecule has 0 spiro atoms. The van der Waals surface area contributed by atoms with Crippen molar-refractivity contribution >= 4 is 0 Å². The fourth-order valence-electron chi connectivity index (χ4n) is 4.65. The molecule has 0 saturated carbocycles. The standard InChI is InChI=1S/C23H31N3/c24-13-12-19-6-8-21(9-7-19)14-25-15-22-10-11-23(18-25)26(17-22)16-20-4-2-1-3-5-20/h1-9,22-23H,10-18,24H2/t22-,23+/m0/s1. The van der Waals surface area contributed by atoms with Crippen molar-refractivity contribution in [3.05, 3.63) is 71.3 Å². The maximum atomic E-state index is 5.66. The molecule has 3 saturated heterocycles. The molecular weight excluding hydrogens is 318 g/mol. The van der Waals surface area contributed by atoms with Crippen LogP contribution in [0.15, 0.2) is 54.6 Å². The maximum absolute atomic E-state index is 5.66. The van der Waals surface area contributed by atoms with Crippen LogP contribution >= 0.6 is 0 Å². The molecule has 2 bridgehead atoms. The van der Waals surface area contributed by atoms with Gasteiger partial charge in [0.2, 0.25) is 0 Å². The topological polar surface area (TPSA) is 32.5 Å². The number of rotatable bonds is 6. The van der Waals surface area contributed by atoms with Crippen molar-refractivity contribution in [3.8, 4) is 0 Å². The van der Waals surface area contributed by atoms with E-state index in [2.05, 4.69) is 64.4 Å². The van der Waals surface area contributed by atoms with Crippen LogP contribution < -0.4 is 5.73 Å². The number of benzene rings is 2. The van der Waals surface area contributed by atoms with Crippen molar-refractivity contribution in [1.29, 1.82) is 0 Å². The monoisotopic (exact) mass is 349 g/mol. The van der Waals surface area contributed by atoms with E-state index >= 15 is 0 Å². The van der Waals surface area contributed by atoms with E-state index in [1.165, 1.54) is 49.2 Å².